The van der Waals surface area contributed by atoms with Gasteiger partial charge < -0.3 is 13.3 Å². The van der Waals surface area contributed by atoms with Gasteiger partial charge in [0.2, 0.25) is 6.33 Å². The van der Waals surface area contributed by atoms with E-state index in [0.29, 0.717) is 0 Å². The molecule has 0 spiro atoms. The highest BCUT2D eigenvalue weighted by Crippen LogP contribution is 2.15. The molecule has 0 aliphatic rings. The van der Waals surface area contributed by atoms with Gasteiger partial charge in [-0.25, -0.2) is 9.13 Å². The zero-order valence-electron chi connectivity index (χ0n) is 10.5. The molecule has 0 atom stereocenters. The van der Waals surface area contributed by atoms with Gasteiger partial charge >= 0.3 is 8.80 Å². The van der Waals surface area contributed by atoms with E-state index < -0.39 is 8.80 Å². The van der Waals surface area contributed by atoms with Crippen molar-refractivity contribution in [1.29, 1.82) is 0 Å². The molecule has 0 saturated heterocycles. The van der Waals surface area contributed by atoms with Gasteiger partial charge in [-0.2, -0.15) is 0 Å². The second-order valence-electron chi connectivity index (χ2n) is 3.72. The number of hydrogen-bond acceptors (Lipinski definition) is 3. The second-order valence-corrected chi connectivity index (χ2v) is 6.81. The van der Waals surface area contributed by atoms with Gasteiger partial charge in [-0.05, 0) is 6.42 Å². The predicted octanol–water partition coefficient (Wildman–Crippen LogP) is 1.22. The van der Waals surface area contributed by atoms with Crippen LogP contribution in [0.5, 0.6) is 0 Å². The lowest BCUT2D eigenvalue weighted by Crippen LogP contribution is -2.42. The van der Waals surface area contributed by atoms with Crippen LogP contribution in [0.4, 0.5) is 0 Å². The first-order valence-electron chi connectivity index (χ1n) is 5.32. The van der Waals surface area contributed by atoms with Gasteiger partial charge in [0.15, 0.2) is 0 Å². The maximum absolute atomic E-state index is 5.36. The highest BCUT2D eigenvalue weighted by Gasteiger charge is 2.37. The van der Waals surface area contributed by atoms with Crippen LogP contribution in [0.1, 0.15) is 13.8 Å². The summed E-state index contributed by atoms with van der Waals surface area (Å²) >= 11 is 0. The Morgan fingerprint density at radius 1 is 1.18 bits per heavy atom. The molecule has 0 amide bonds. The van der Waals surface area contributed by atoms with Crippen molar-refractivity contribution in [3.05, 3.63) is 18.7 Å². The normalized spacial score (nSPS) is 11.3. The summed E-state index contributed by atoms with van der Waals surface area (Å²) in [6, 6.07) is 0.832. The summed E-state index contributed by atoms with van der Waals surface area (Å²) < 4.78 is 20.2. The Morgan fingerprint density at radius 3 is 2.18 bits per heavy atom. The number of aromatic nitrogens is 2. The highest BCUT2D eigenvalue weighted by atomic mass is 28.4. The number of rotatable bonds is 7. The summed E-state index contributed by atoms with van der Waals surface area (Å²) in [7, 11) is 4.57. The van der Waals surface area contributed by atoms with Gasteiger partial charge in [0, 0.05) is 27.4 Å². The lowest BCUT2D eigenvalue weighted by atomic mass is 10.5. The first kappa shape index (κ1) is 16.3. The Labute approximate surface area is 105 Å². The van der Waals surface area contributed by atoms with E-state index in [-0.39, 0.29) is 7.43 Å². The molecule has 0 fully saturated rings. The number of imidazole rings is 1. The van der Waals surface area contributed by atoms with Crippen molar-refractivity contribution >= 4 is 8.80 Å². The first-order valence-corrected chi connectivity index (χ1v) is 7.25. The van der Waals surface area contributed by atoms with Crippen molar-refractivity contribution in [1.82, 2.24) is 4.57 Å². The molecule has 0 aliphatic carbocycles. The molecular weight excluding hydrogens is 236 g/mol. The molecule has 1 aromatic heterocycles. The minimum absolute atomic E-state index is 0. The van der Waals surface area contributed by atoms with Gasteiger partial charge in [-0.1, -0.05) is 7.43 Å². The van der Waals surface area contributed by atoms with E-state index in [4.69, 9.17) is 13.3 Å². The largest absolute Gasteiger partial charge is 0.500 e. The SMILES string of the molecule is C.CO[Si](CCCn1cc[n+](C)c1)(OC)OC. The van der Waals surface area contributed by atoms with E-state index in [0.717, 1.165) is 19.0 Å². The monoisotopic (exact) mass is 261 g/mol. The van der Waals surface area contributed by atoms with Crippen LogP contribution in [0.2, 0.25) is 6.04 Å². The summed E-state index contributed by atoms with van der Waals surface area (Å²) in [6.07, 6.45) is 7.11. The zero-order valence-corrected chi connectivity index (χ0v) is 11.5. The zero-order chi connectivity index (χ0) is 12.0. The third-order valence-electron chi connectivity index (χ3n) is 2.66. The Hall–Kier alpha value is -0.693. The molecule has 6 heteroatoms. The Balaban J connectivity index is 0.00000256. The molecule has 0 N–H and O–H groups in total. The molecular formula is C11H25N2O3Si+. The minimum atomic E-state index is -2.38. The van der Waals surface area contributed by atoms with E-state index in [2.05, 4.69) is 17.1 Å². The lowest BCUT2D eigenvalue weighted by Gasteiger charge is -2.23. The van der Waals surface area contributed by atoms with Crippen molar-refractivity contribution in [2.75, 3.05) is 21.3 Å². The Bertz CT molecular complexity index is 305. The van der Waals surface area contributed by atoms with Crippen LogP contribution in [0.15, 0.2) is 18.7 Å². The molecule has 1 aromatic rings. The van der Waals surface area contributed by atoms with Crippen LogP contribution in [-0.4, -0.2) is 34.7 Å². The molecule has 1 rings (SSSR count). The standard InChI is InChI=1S/C10H21N2O3Si.CH4/c1-11-7-8-12(10-11)6-5-9-16(13-2,14-3)15-4;/h7-8,10H,5-6,9H2,1-4H3;1H4/q+1;. The van der Waals surface area contributed by atoms with E-state index in [1.807, 2.05) is 17.8 Å². The summed E-state index contributed by atoms with van der Waals surface area (Å²) in [4.78, 5) is 0. The minimum Gasteiger partial charge on any atom is -0.377 e. The summed E-state index contributed by atoms with van der Waals surface area (Å²) in [5.41, 5.74) is 0. The van der Waals surface area contributed by atoms with Crippen LogP contribution in [-0.2, 0) is 26.9 Å². The van der Waals surface area contributed by atoms with Gasteiger partial charge in [-0.15, -0.1) is 0 Å². The molecule has 0 radical (unpaired) electrons. The maximum atomic E-state index is 5.36. The van der Waals surface area contributed by atoms with Crippen molar-refractivity contribution in [2.45, 2.75) is 26.4 Å². The van der Waals surface area contributed by atoms with Crippen molar-refractivity contribution in [3.63, 3.8) is 0 Å². The average Bonchev–Trinajstić information content (AvgIpc) is 2.71. The van der Waals surface area contributed by atoms with Crippen LogP contribution in [0, 0.1) is 0 Å². The predicted molar refractivity (Wildman–Crippen MR) is 68.5 cm³/mol. The fourth-order valence-corrected chi connectivity index (χ4v) is 3.37. The summed E-state index contributed by atoms with van der Waals surface area (Å²) in [6.45, 7) is 0.950. The summed E-state index contributed by atoms with van der Waals surface area (Å²) in [5, 5.41) is 0. The third-order valence-corrected chi connectivity index (χ3v) is 5.49. The number of hydrogen-bond donors (Lipinski definition) is 0. The van der Waals surface area contributed by atoms with Crippen LogP contribution in [0.25, 0.3) is 0 Å². The van der Waals surface area contributed by atoms with Crippen LogP contribution in [0.3, 0.4) is 0 Å². The van der Waals surface area contributed by atoms with E-state index in [1.54, 1.807) is 21.3 Å². The molecule has 0 aliphatic heterocycles. The highest BCUT2D eigenvalue weighted by molar-refractivity contribution is 6.60. The van der Waals surface area contributed by atoms with E-state index in [1.165, 1.54) is 0 Å². The van der Waals surface area contributed by atoms with E-state index >= 15 is 0 Å². The average molecular weight is 261 g/mol. The Kier molecular flexibility index (Phi) is 7.29. The maximum Gasteiger partial charge on any atom is 0.500 e. The van der Waals surface area contributed by atoms with Crippen molar-refractivity contribution < 1.29 is 17.8 Å². The molecule has 0 saturated carbocycles. The number of nitrogens with zero attached hydrogens (tertiary/aromatic N) is 2. The topological polar surface area (TPSA) is 36.5 Å². The van der Waals surface area contributed by atoms with Gasteiger partial charge in [0.05, 0.1) is 13.6 Å². The van der Waals surface area contributed by atoms with Crippen molar-refractivity contribution in [3.8, 4) is 0 Å². The quantitative estimate of drug-likeness (QED) is 0.547. The van der Waals surface area contributed by atoms with Gasteiger partial charge in [0.25, 0.3) is 0 Å². The number of aryl methyl sites for hydroxylation is 2. The van der Waals surface area contributed by atoms with Gasteiger partial charge in [0.1, 0.15) is 12.4 Å². The molecule has 17 heavy (non-hydrogen) atoms. The fraction of sp³-hybridized carbons (Fsp3) is 0.727. The molecule has 0 unspecified atom stereocenters. The summed E-state index contributed by atoms with van der Waals surface area (Å²) in [5.74, 6) is 0. The smallest absolute Gasteiger partial charge is 0.377 e. The molecule has 100 valence electrons. The molecule has 0 bridgehead atoms. The van der Waals surface area contributed by atoms with E-state index in [9.17, 15) is 0 Å². The molecule has 5 nitrogen and oxygen atoms in total. The fourth-order valence-electron chi connectivity index (χ4n) is 1.67. The van der Waals surface area contributed by atoms with Crippen LogP contribution >= 0.6 is 0 Å². The molecule has 1 heterocycles. The Morgan fingerprint density at radius 2 is 1.76 bits per heavy atom. The lowest BCUT2D eigenvalue weighted by molar-refractivity contribution is -0.671. The van der Waals surface area contributed by atoms with Gasteiger partial charge in [-0.3, -0.25) is 0 Å². The first-order chi connectivity index (χ1) is 7.65. The van der Waals surface area contributed by atoms with Crippen molar-refractivity contribution in [2.24, 2.45) is 7.05 Å². The molecule has 0 aromatic carbocycles. The third kappa shape index (κ3) is 4.59. The van der Waals surface area contributed by atoms with Crippen LogP contribution < -0.4 is 4.57 Å². The second kappa shape index (κ2) is 7.60.